The summed E-state index contributed by atoms with van der Waals surface area (Å²) in [6, 6.07) is 6.52. The van der Waals surface area contributed by atoms with Gasteiger partial charge in [-0.25, -0.2) is 0 Å². The first-order valence-corrected chi connectivity index (χ1v) is 5.73. The highest BCUT2D eigenvalue weighted by atomic mass is 79.9. The van der Waals surface area contributed by atoms with E-state index in [2.05, 4.69) is 58.4 Å². The van der Waals surface area contributed by atoms with E-state index in [9.17, 15) is 0 Å². The first kappa shape index (κ1) is 8.49. The molecule has 14 heavy (non-hydrogen) atoms. The molecule has 0 nitrogen and oxygen atoms in total. The number of halogens is 1. The Morgan fingerprint density at radius 3 is 2.50 bits per heavy atom. The van der Waals surface area contributed by atoms with Gasteiger partial charge in [-0.1, -0.05) is 46.3 Å². The van der Waals surface area contributed by atoms with Crippen LogP contribution in [0.25, 0.3) is 12.2 Å². The third-order valence-electron chi connectivity index (χ3n) is 3.10. The maximum absolute atomic E-state index is 3.51. The predicted octanol–water partition coefficient (Wildman–Crippen LogP) is 2.36. The van der Waals surface area contributed by atoms with Gasteiger partial charge in [0.2, 0.25) is 0 Å². The molecule has 0 atom stereocenters. The van der Waals surface area contributed by atoms with Crippen molar-refractivity contribution in [3.63, 3.8) is 0 Å². The monoisotopic (exact) mass is 246 g/mol. The van der Waals surface area contributed by atoms with Crippen LogP contribution in [0.5, 0.6) is 0 Å². The van der Waals surface area contributed by atoms with E-state index in [1.54, 1.807) is 0 Å². The quantitative estimate of drug-likeness (QED) is 0.617. The average molecular weight is 247 g/mol. The van der Waals surface area contributed by atoms with Crippen LogP contribution >= 0.6 is 15.9 Å². The van der Waals surface area contributed by atoms with E-state index >= 15 is 0 Å². The zero-order valence-electron chi connectivity index (χ0n) is 7.83. The standard InChI is InChI=1S/C13H11Br/c14-12-4-3-10-8-13(5-1-2-6-13)9-11(10)7-12/h1-4,7-9H,5-6H2. The molecule has 0 saturated carbocycles. The lowest BCUT2D eigenvalue weighted by Crippen LogP contribution is -2.19. The van der Waals surface area contributed by atoms with Gasteiger partial charge in [0, 0.05) is 9.89 Å². The highest BCUT2D eigenvalue weighted by molar-refractivity contribution is 9.10. The number of fused-ring (bicyclic) bond motifs is 1. The van der Waals surface area contributed by atoms with Crippen molar-refractivity contribution < 1.29 is 0 Å². The van der Waals surface area contributed by atoms with Crippen LogP contribution in [0.4, 0.5) is 0 Å². The molecule has 0 fully saturated rings. The Labute approximate surface area is 91.8 Å². The molecule has 1 aromatic carbocycles. The summed E-state index contributed by atoms with van der Waals surface area (Å²) in [6.07, 6.45) is 11.7. The van der Waals surface area contributed by atoms with Crippen LogP contribution in [0.1, 0.15) is 12.8 Å². The molecule has 3 rings (SSSR count). The summed E-state index contributed by atoms with van der Waals surface area (Å²) in [5.41, 5.74) is 0.309. The van der Waals surface area contributed by atoms with Crippen LogP contribution in [0.15, 0.2) is 34.8 Å². The topological polar surface area (TPSA) is 0 Å². The zero-order valence-corrected chi connectivity index (χ0v) is 9.42. The van der Waals surface area contributed by atoms with Gasteiger partial charge >= 0.3 is 0 Å². The summed E-state index contributed by atoms with van der Waals surface area (Å²) in [6.45, 7) is 0. The lowest BCUT2D eigenvalue weighted by Gasteiger charge is -2.16. The summed E-state index contributed by atoms with van der Waals surface area (Å²) in [7, 11) is 0. The second-order valence-corrected chi connectivity index (χ2v) is 5.09. The highest BCUT2D eigenvalue weighted by Gasteiger charge is 2.27. The summed E-state index contributed by atoms with van der Waals surface area (Å²) in [4.78, 5) is 0. The molecule has 1 heteroatoms. The predicted molar refractivity (Wildman–Crippen MR) is 63.1 cm³/mol. The molecule has 0 saturated heterocycles. The van der Waals surface area contributed by atoms with Crippen molar-refractivity contribution in [2.75, 3.05) is 0 Å². The van der Waals surface area contributed by atoms with Crippen molar-refractivity contribution in [1.29, 1.82) is 0 Å². The molecule has 0 heterocycles. The Kier molecular flexibility index (Phi) is 1.72. The minimum atomic E-state index is 0.309. The van der Waals surface area contributed by atoms with Gasteiger partial charge in [0.05, 0.1) is 0 Å². The Balaban J connectivity index is 2.22. The Morgan fingerprint density at radius 2 is 1.71 bits per heavy atom. The Bertz CT molecular complexity index is 515. The van der Waals surface area contributed by atoms with Crippen molar-refractivity contribution in [2.24, 2.45) is 5.41 Å². The molecule has 1 spiro atoms. The van der Waals surface area contributed by atoms with Crippen molar-refractivity contribution in [2.45, 2.75) is 12.8 Å². The summed E-state index contributed by atoms with van der Waals surface area (Å²) in [5, 5.41) is 2.76. The van der Waals surface area contributed by atoms with Crippen LogP contribution in [-0.2, 0) is 0 Å². The van der Waals surface area contributed by atoms with Crippen LogP contribution in [0.3, 0.4) is 0 Å². The molecular weight excluding hydrogens is 236 g/mol. The van der Waals surface area contributed by atoms with Gasteiger partial charge in [0.1, 0.15) is 0 Å². The van der Waals surface area contributed by atoms with E-state index in [1.165, 1.54) is 27.8 Å². The van der Waals surface area contributed by atoms with E-state index in [0.717, 1.165) is 0 Å². The van der Waals surface area contributed by atoms with E-state index in [1.807, 2.05) is 0 Å². The molecule has 0 bridgehead atoms. The van der Waals surface area contributed by atoms with Gasteiger partial charge in [-0.3, -0.25) is 0 Å². The Morgan fingerprint density at radius 1 is 1.00 bits per heavy atom. The third kappa shape index (κ3) is 1.19. The fraction of sp³-hybridized carbons (Fsp3) is 0.231. The van der Waals surface area contributed by atoms with Gasteiger partial charge in [-0.15, -0.1) is 0 Å². The molecular formula is C13H11Br. The molecule has 2 aliphatic carbocycles. The third-order valence-corrected chi connectivity index (χ3v) is 3.59. The van der Waals surface area contributed by atoms with E-state index in [0.29, 0.717) is 5.41 Å². The SMILES string of the molecule is Brc1ccc2c(c1)=CC1(C=2)CC=CC1. The minimum Gasteiger partial charge on any atom is -0.0873 e. The maximum atomic E-state index is 3.51. The lowest BCUT2D eigenvalue weighted by atomic mass is 9.87. The van der Waals surface area contributed by atoms with Crippen LogP contribution in [0, 0.1) is 5.41 Å². The van der Waals surface area contributed by atoms with E-state index in [-0.39, 0.29) is 0 Å². The second kappa shape index (κ2) is 2.83. The fourth-order valence-electron chi connectivity index (χ4n) is 2.39. The van der Waals surface area contributed by atoms with Gasteiger partial charge < -0.3 is 0 Å². The second-order valence-electron chi connectivity index (χ2n) is 4.17. The van der Waals surface area contributed by atoms with Crippen LogP contribution in [0.2, 0.25) is 0 Å². The number of benzene rings is 1. The number of rotatable bonds is 0. The Hall–Kier alpha value is -0.820. The van der Waals surface area contributed by atoms with Crippen molar-refractivity contribution in [1.82, 2.24) is 0 Å². The molecule has 1 aromatic rings. The van der Waals surface area contributed by atoms with Crippen molar-refractivity contribution >= 4 is 28.1 Å². The number of hydrogen-bond donors (Lipinski definition) is 0. The first-order valence-electron chi connectivity index (χ1n) is 4.94. The largest absolute Gasteiger partial charge is 0.0873 e. The number of hydrogen-bond acceptors (Lipinski definition) is 0. The molecule has 0 N–H and O–H groups in total. The molecule has 0 unspecified atom stereocenters. The fourth-order valence-corrected chi connectivity index (χ4v) is 2.77. The maximum Gasteiger partial charge on any atom is 0.0181 e. The smallest absolute Gasteiger partial charge is 0.0181 e. The molecule has 2 aliphatic rings. The summed E-state index contributed by atoms with van der Waals surface area (Å²) < 4.78 is 1.17. The molecule has 70 valence electrons. The molecule has 0 radical (unpaired) electrons. The van der Waals surface area contributed by atoms with E-state index < -0.39 is 0 Å². The summed E-state index contributed by atoms with van der Waals surface area (Å²) in [5.74, 6) is 0. The highest BCUT2D eigenvalue weighted by Crippen LogP contribution is 2.37. The zero-order chi connectivity index (χ0) is 9.60. The average Bonchev–Trinajstić information content (AvgIpc) is 2.72. The van der Waals surface area contributed by atoms with Gasteiger partial charge in [0.25, 0.3) is 0 Å². The molecule has 0 amide bonds. The van der Waals surface area contributed by atoms with Crippen LogP contribution < -0.4 is 10.4 Å². The van der Waals surface area contributed by atoms with Crippen LogP contribution in [-0.4, -0.2) is 0 Å². The van der Waals surface area contributed by atoms with Crippen molar-refractivity contribution in [3.05, 3.63) is 45.3 Å². The summed E-state index contributed by atoms with van der Waals surface area (Å²) >= 11 is 3.51. The van der Waals surface area contributed by atoms with Gasteiger partial charge in [-0.2, -0.15) is 0 Å². The van der Waals surface area contributed by atoms with E-state index in [4.69, 9.17) is 0 Å². The lowest BCUT2D eigenvalue weighted by molar-refractivity contribution is 0.621. The van der Waals surface area contributed by atoms with Gasteiger partial charge in [-0.05, 0) is 35.4 Å². The molecule has 0 aromatic heterocycles. The minimum absolute atomic E-state index is 0.309. The number of allylic oxidation sites excluding steroid dienone is 2. The molecule has 0 aliphatic heterocycles. The van der Waals surface area contributed by atoms with Crippen molar-refractivity contribution in [3.8, 4) is 0 Å². The normalized spacial score (nSPS) is 20.6. The van der Waals surface area contributed by atoms with Gasteiger partial charge in [0.15, 0.2) is 0 Å². The first-order chi connectivity index (χ1) is 6.77.